The topological polar surface area (TPSA) is 68.0 Å². The van der Waals surface area contributed by atoms with Gasteiger partial charge in [-0.2, -0.15) is 11.8 Å². The van der Waals surface area contributed by atoms with Crippen LogP contribution >= 0.6 is 23.5 Å². The lowest BCUT2D eigenvalue weighted by Gasteiger charge is -2.25. The minimum Gasteiger partial charge on any atom is -0.481 e. The van der Waals surface area contributed by atoms with Crippen LogP contribution in [0, 0.1) is 0 Å². The Morgan fingerprint density at radius 3 is 2.89 bits per heavy atom. The Balaban J connectivity index is 1.83. The van der Waals surface area contributed by atoms with E-state index in [1.165, 1.54) is 36.8 Å². The largest absolute Gasteiger partial charge is 0.481 e. The molecule has 1 unspecified atom stereocenters. The summed E-state index contributed by atoms with van der Waals surface area (Å²) in [7, 11) is 0. The molecule has 0 aromatic carbocycles. The van der Waals surface area contributed by atoms with Crippen LogP contribution in [0.2, 0.25) is 0 Å². The molecule has 19 heavy (non-hydrogen) atoms. The van der Waals surface area contributed by atoms with E-state index in [9.17, 15) is 4.79 Å². The van der Waals surface area contributed by atoms with Crippen LogP contribution in [0.3, 0.4) is 0 Å². The highest BCUT2D eigenvalue weighted by molar-refractivity contribution is 7.99. The maximum atomic E-state index is 10.7. The summed E-state index contributed by atoms with van der Waals surface area (Å²) in [6, 6.07) is 0.445. The molecule has 1 N–H and O–H groups in total. The van der Waals surface area contributed by atoms with Gasteiger partial charge in [0.15, 0.2) is 5.16 Å². The number of aromatic nitrogens is 3. The van der Waals surface area contributed by atoms with Crippen molar-refractivity contribution < 1.29 is 9.90 Å². The summed E-state index contributed by atoms with van der Waals surface area (Å²) in [6.45, 7) is 0. The van der Waals surface area contributed by atoms with Gasteiger partial charge in [-0.05, 0) is 31.4 Å². The van der Waals surface area contributed by atoms with Crippen molar-refractivity contribution in [1.29, 1.82) is 0 Å². The zero-order valence-electron chi connectivity index (χ0n) is 10.6. The predicted molar refractivity (Wildman–Crippen MR) is 76.0 cm³/mol. The van der Waals surface area contributed by atoms with Crippen molar-refractivity contribution in [2.24, 2.45) is 0 Å². The zero-order chi connectivity index (χ0) is 13.2. The summed E-state index contributed by atoms with van der Waals surface area (Å²) < 4.78 is 2.23. The van der Waals surface area contributed by atoms with Gasteiger partial charge in [0.25, 0.3) is 0 Å². The number of hydrogen-bond donors (Lipinski definition) is 1. The van der Waals surface area contributed by atoms with Gasteiger partial charge in [0.05, 0.1) is 5.75 Å². The summed E-state index contributed by atoms with van der Waals surface area (Å²) in [5, 5.41) is 18.2. The highest BCUT2D eigenvalue weighted by Gasteiger charge is 2.33. The maximum Gasteiger partial charge on any atom is 0.313 e. The van der Waals surface area contributed by atoms with Crippen LogP contribution in [0.25, 0.3) is 0 Å². The fourth-order valence-electron chi connectivity index (χ4n) is 2.40. The number of thioether (sulfide) groups is 2. The summed E-state index contributed by atoms with van der Waals surface area (Å²) in [4.78, 5) is 10.7. The SMILES string of the molecule is O=C(O)CSc1nnc(C2CC2)n1C1CCCSC1. The van der Waals surface area contributed by atoms with Crippen LogP contribution in [-0.4, -0.2) is 43.1 Å². The molecule has 2 fully saturated rings. The molecule has 1 aliphatic heterocycles. The van der Waals surface area contributed by atoms with Gasteiger partial charge >= 0.3 is 5.97 Å². The van der Waals surface area contributed by atoms with Crippen molar-refractivity contribution in [3.8, 4) is 0 Å². The fourth-order valence-corrected chi connectivity index (χ4v) is 4.26. The minimum atomic E-state index is -0.800. The van der Waals surface area contributed by atoms with E-state index in [0.717, 1.165) is 23.2 Å². The molecule has 1 aromatic rings. The Hall–Kier alpha value is -0.690. The Labute approximate surface area is 120 Å². The molecular formula is C12H17N3O2S2. The monoisotopic (exact) mass is 299 g/mol. The van der Waals surface area contributed by atoms with Gasteiger partial charge in [0.2, 0.25) is 0 Å². The van der Waals surface area contributed by atoms with Gasteiger partial charge in [0, 0.05) is 17.7 Å². The number of carboxylic acid groups (broad SMARTS) is 1. The van der Waals surface area contributed by atoms with Gasteiger partial charge in [-0.3, -0.25) is 4.79 Å². The number of carboxylic acids is 1. The third kappa shape index (κ3) is 3.08. The van der Waals surface area contributed by atoms with Crippen LogP contribution in [0.5, 0.6) is 0 Å². The molecule has 1 aliphatic carbocycles. The summed E-state index contributed by atoms with van der Waals surface area (Å²) in [6.07, 6.45) is 4.77. The molecule has 2 aliphatic rings. The fraction of sp³-hybridized carbons (Fsp3) is 0.750. The minimum absolute atomic E-state index is 0.0582. The molecule has 5 nitrogen and oxygen atoms in total. The molecule has 104 valence electrons. The zero-order valence-corrected chi connectivity index (χ0v) is 12.3. The van der Waals surface area contributed by atoms with Crippen molar-refractivity contribution >= 4 is 29.5 Å². The van der Waals surface area contributed by atoms with Crippen LogP contribution < -0.4 is 0 Å². The first-order valence-electron chi connectivity index (χ1n) is 6.63. The van der Waals surface area contributed by atoms with E-state index in [1.54, 1.807) is 0 Å². The highest BCUT2D eigenvalue weighted by Crippen LogP contribution is 2.42. The highest BCUT2D eigenvalue weighted by atomic mass is 32.2. The number of hydrogen-bond acceptors (Lipinski definition) is 5. The lowest BCUT2D eigenvalue weighted by molar-refractivity contribution is -0.133. The Morgan fingerprint density at radius 2 is 2.26 bits per heavy atom. The first-order chi connectivity index (χ1) is 9.25. The standard InChI is InChI=1S/C12H17N3O2S2/c16-10(17)7-19-12-14-13-11(8-3-4-8)15(12)9-2-1-5-18-6-9/h8-9H,1-7H2,(H,16,17). The van der Waals surface area contributed by atoms with Crippen LogP contribution in [0.15, 0.2) is 5.16 Å². The van der Waals surface area contributed by atoms with E-state index in [-0.39, 0.29) is 5.75 Å². The van der Waals surface area contributed by atoms with E-state index < -0.39 is 5.97 Å². The molecular weight excluding hydrogens is 282 g/mol. The molecule has 3 rings (SSSR count). The van der Waals surface area contributed by atoms with E-state index in [2.05, 4.69) is 14.8 Å². The second-order valence-corrected chi connectivity index (χ2v) is 7.13. The summed E-state index contributed by atoms with van der Waals surface area (Å²) in [5.41, 5.74) is 0. The third-order valence-electron chi connectivity index (χ3n) is 3.46. The van der Waals surface area contributed by atoms with Crippen molar-refractivity contribution in [2.45, 2.75) is 42.8 Å². The molecule has 0 amide bonds. The molecule has 0 bridgehead atoms. The van der Waals surface area contributed by atoms with Crippen molar-refractivity contribution in [2.75, 3.05) is 17.3 Å². The first kappa shape index (κ1) is 13.3. The lowest BCUT2D eigenvalue weighted by atomic mass is 10.2. The number of carbonyl (C=O) groups is 1. The van der Waals surface area contributed by atoms with E-state index in [4.69, 9.17) is 5.11 Å². The lowest BCUT2D eigenvalue weighted by Crippen LogP contribution is -2.19. The van der Waals surface area contributed by atoms with E-state index in [0.29, 0.717) is 12.0 Å². The van der Waals surface area contributed by atoms with Crippen LogP contribution in [0.1, 0.15) is 43.5 Å². The van der Waals surface area contributed by atoms with Gasteiger partial charge in [-0.25, -0.2) is 0 Å². The smallest absolute Gasteiger partial charge is 0.313 e. The Kier molecular flexibility index (Phi) is 4.02. The normalized spacial score (nSPS) is 23.5. The number of rotatable bonds is 5. The van der Waals surface area contributed by atoms with Crippen molar-refractivity contribution in [3.63, 3.8) is 0 Å². The van der Waals surface area contributed by atoms with Crippen LogP contribution in [0.4, 0.5) is 0 Å². The quantitative estimate of drug-likeness (QED) is 0.842. The second-order valence-electron chi connectivity index (χ2n) is 5.04. The van der Waals surface area contributed by atoms with Gasteiger partial charge in [-0.15, -0.1) is 10.2 Å². The maximum absolute atomic E-state index is 10.7. The predicted octanol–water partition coefficient (Wildman–Crippen LogP) is 2.40. The van der Waals surface area contributed by atoms with Gasteiger partial charge in [0.1, 0.15) is 5.82 Å². The molecule has 0 spiro atoms. The molecule has 1 saturated heterocycles. The summed E-state index contributed by atoms with van der Waals surface area (Å²) in [5.74, 6) is 3.22. The van der Waals surface area contributed by atoms with Gasteiger partial charge < -0.3 is 9.67 Å². The average Bonchev–Trinajstić information content (AvgIpc) is 3.17. The molecule has 0 radical (unpaired) electrons. The van der Waals surface area contributed by atoms with Crippen LogP contribution in [-0.2, 0) is 4.79 Å². The van der Waals surface area contributed by atoms with Crippen molar-refractivity contribution in [3.05, 3.63) is 5.82 Å². The van der Waals surface area contributed by atoms with E-state index in [1.807, 2.05) is 11.8 Å². The van der Waals surface area contributed by atoms with Crippen molar-refractivity contribution in [1.82, 2.24) is 14.8 Å². The number of nitrogens with zero attached hydrogens (tertiary/aromatic N) is 3. The first-order valence-corrected chi connectivity index (χ1v) is 8.77. The molecule has 2 heterocycles. The molecule has 1 aromatic heterocycles. The van der Waals surface area contributed by atoms with E-state index >= 15 is 0 Å². The second kappa shape index (κ2) is 5.75. The third-order valence-corrected chi connectivity index (χ3v) is 5.59. The molecule has 1 saturated carbocycles. The van der Waals surface area contributed by atoms with Gasteiger partial charge in [-0.1, -0.05) is 11.8 Å². The Bertz CT molecular complexity index is 468. The molecule has 7 heteroatoms. The molecule has 1 atom stereocenters. The summed E-state index contributed by atoms with van der Waals surface area (Å²) >= 11 is 3.27. The average molecular weight is 299 g/mol. The Morgan fingerprint density at radius 1 is 1.42 bits per heavy atom. The number of aliphatic carboxylic acids is 1.